The van der Waals surface area contributed by atoms with Gasteiger partial charge in [0.15, 0.2) is 0 Å². The zero-order valence-electron chi connectivity index (χ0n) is 11.9. The third-order valence-electron chi connectivity index (χ3n) is 3.12. The topological polar surface area (TPSA) is 41.1 Å². The Balaban J connectivity index is 1.90. The van der Waals surface area contributed by atoms with E-state index in [0.717, 1.165) is 29.9 Å². The standard InChI is InChI=1S/C17H20N2O/c1-13-12-16(8-9-17(13)19-14(2)20)18-11-10-15-6-4-3-5-7-15/h3-9,12,18H,10-11H2,1-2H3,(H,19,20). The van der Waals surface area contributed by atoms with Gasteiger partial charge < -0.3 is 10.6 Å². The first-order valence-electron chi connectivity index (χ1n) is 6.81. The van der Waals surface area contributed by atoms with Crippen LogP contribution in [-0.2, 0) is 11.2 Å². The average Bonchev–Trinajstić information content (AvgIpc) is 2.43. The molecule has 3 nitrogen and oxygen atoms in total. The Morgan fingerprint density at radius 3 is 2.50 bits per heavy atom. The van der Waals surface area contributed by atoms with Crippen molar-refractivity contribution < 1.29 is 4.79 Å². The van der Waals surface area contributed by atoms with Crippen LogP contribution in [0.2, 0.25) is 0 Å². The van der Waals surface area contributed by atoms with Crippen LogP contribution in [0, 0.1) is 6.92 Å². The first kappa shape index (κ1) is 14.1. The Hall–Kier alpha value is -2.29. The third-order valence-corrected chi connectivity index (χ3v) is 3.12. The van der Waals surface area contributed by atoms with E-state index in [-0.39, 0.29) is 5.91 Å². The van der Waals surface area contributed by atoms with Gasteiger partial charge in [-0.2, -0.15) is 0 Å². The largest absolute Gasteiger partial charge is 0.385 e. The van der Waals surface area contributed by atoms with Crippen molar-refractivity contribution >= 4 is 17.3 Å². The van der Waals surface area contributed by atoms with Gasteiger partial charge in [-0.15, -0.1) is 0 Å². The number of aryl methyl sites for hydroxylation is 1. The number of hydrogen-bond acceptors (Lipinski definition) is 2. The number of rotatable bonds is 5. The smallest absolute Gasteiger partial charge is 0.221 e. The molecule has 0 heterocycles. The minimum absolute atomic E-state index is 0.0436. The quantitative estimate of drug-likeness (QED) is 0.869. The van der Waals surface area contributed by atoms with Crippen molar-refractivity contribution in [2.75, 3.05) is 17.2 Å². The van der Waals surface area contributed by atoms with Crippen molar-refractivity contribution in [3.8, 4) is 0 Å². The molecule has 0 spiro atoms. The lowest BCUT2D eigenvalue weighted by Gasteiger charge is -2.11. The molecule has 2 N–H and O–H groups in total. The van der Waals surface area contributed by atoms with Crippen LogP contribution in [0.4, 0.5) is 11.4 Å². The minimum Gasteiger partial charge on any atom is -0.385 e. The maximum atomic E-state index is 11.1. The van der Waals surface area contributed by atoms with Crippen molar-refractivity contribution in [3.63, 3.8) is 0 Å². The molecule has 104 valence electrons. The summed E-state index contributed by atoms with van der Waals surface area (Å²) in [6.45, 7) is 4.40. The van der Waals surface area contributed by atoms with Crippen LogP contribution in [0.3, 0.4) is 0 Å². The molecule has 0 atom stereocenters. The maximum Gasteiger partial charge on any atom is 0.221 e. The fourth-order valence-corrected chi connectivity index (χ4v) is 2.10. The van der Waals surface area contributed by atoms with E-state index in [1.165, 1.54) is 12.5 Å². The van der Waals surface area contributed by atoms with Crippen LogP contribution in [0.15, 0.2) is 48.5 Å². The second kappa shape index (κ2) is 6.75. The van der Waals surface area contributed by atoms with E-state index < -0.39 is 0 Å². The van der Waals surface area contributed by atoms with Crippen LogP contribution in [0.1, 0.15) is 18.1 Å². The Morgan fingerprint density at radius 2 is 1.85 bits per heavy atom. The lowest BCUT2D eigenvalue weighted by molar-refractivity contribution is -0.114. The van der Waals surface area contributed by atoms with Crippen LogP contribution < -0.4 is 10.6 Å². The Morgan fingerprint density at radius 1 is 1.10 bits per heavy atom. The van der Waals surface area contributed by atoms with Crippen LogP contribution in [0.5, 0.6) is 0 Å². The predicted octanol–water partition coefficient (Wildman–Crippen LogP) is 3.61. The van der Waals surface area contributed by atoms with Crippen molar-refractivity contribution in [1.82, 2.24) is 0 Å². The zero-order valence-corrected chi connectivity index (χ0v) is 11.9. The molecule has 0 aliphatic rings. The van der Waals surface area contributed by atoms with Gasteiger partial charge in [0.05, 0.1) is 0 Å². The van der Waals surface area contributed by atoms with Gasteiger partial charge in [0.2, 0.25) is 5.91 Å². The number of hydrogen-bond donors (Lipinski definition) is 2. The normalized spacial score (nSPS) is 10.1. The van der Waals surface area contributed by atoms with Gasteiger partial charge in [0.1, 0.15) is 0 Å². The van der Waals surface area contributed by atoms with E-state index in [2.05, 4.69) is 41.0 Å². The molecule has 2 aromatic rings. The number of nitrogens with one attached hydrogen (secondary N) is 2. The average molecular weight is 268 g/mol. The molecule has 1 amide bonds. The van der Waals surface area contributed by atoms with E-state index in [1.807, 2.05) is 25.1 Å². The second-order valence-corrected chi connectivity index (χ2v) is 4.87. The highest BCUT2D eigenvalue weighted by Gasteiger charge is 2.01. The Kier molecular flexibility index (Phi) is 4.77. The molecule has 0 saturated heterocycles. The molecule has 0 aliphatic carbocycles. The highest BCUT2D eigenvalue weighted by Crippen LogP contribution is 2.19. The summed E-state index contributed by atoms with van der Waals surface area (Å²) in [5, 5.41) is 6.22. The summed E-state index contributed by atoms with van der Waals surface area (Å²) >= 11 is 0. The first-order valence-corrected chi connectivity index (χ1v) is 6.81. The number of carbonyl (C=O) groups is 1. The highest BCUT2D eigenvalue weighted by molar-refractivity contribution is 5.89. The number of anilines is 2. The molecule has 3 heteroatoms. The van der Waals surface area contributed by atoms with E-state index in [9.17, 15) is 4.79 Å². The molecular weight excluding hydrogens is 248 g/mol. The van der Waals surface area contributed by atoms with Crippen molar-refractivity contribution in [2.45, 2.75) is 20.3 Å². The van der Waals surface area contributed by atoms with E-state index in [4.69, 9.17) is 0 Å². The summed E-state index contributed by atoms with van der Waals surface area (Å²) in [4.78, 5) is 11.1. The summed E-state index contributed by atoms with van der Waals surface area (Å²) in [7, 11) is 0. The fraction of sp³-hybridized carbons (Fsp3) is 0.235. The van der Waals surface area contributed by atoms with Gasteiger partial charge in [-0.3, -0.25) is 4.79 Å². The molecule has 2 rings (SSSR count). The minimum atomic E-state index is -0.0436. The number of carbonyl (C=O) groups excluding carboxylic acids is 1. The lowest BCUT2D eigenvalue weighted by atomic mass is 10.1. The molecule has 0 radical (unpaired) electrons. The SMILES string of the molecule is CC(=O)Nc1ccc(NCCc2ccccc2)cc1C. The molecule has 0 fully saturated rings. The molecule has 0 unspecified atom stereocenters. The van der Waals surface area contributed by atoms with Crippen molar-refractivity contribution in [3.05, 3.63) is 59.7 Å². The number of amides is 1. The van der Waals surface area contributed by atoms with Gasteiger partial charge in [0.25, 0.3) is 0 Å². The molecule has 0 aromatic heterocycles. The first-order chi connectivity index (χ1) is 9.65. The van der Waals surface area contributed by atoms with Crippen LogP contribution in [0.25, 0.3) is 0 Å². The second-order valence-electron chi connectivity index (χ2n) is 4.87. The van der Waals surface area contributed by atoms with Crippen LogP contribution >= 0.6 is 0 Å². The van der Waals surface area contributed by atoms with Crippen LogP contribution in [-0.4, -0.2) is 12.5 Å². The fourth-order valence-electron chi connectivity index (χ4n) is 2.10. The number of benzene rings is 2. The van der Waals surface area contributed by atoms with Gasteiger partial charge in [-0.25, -0.2) is 0 Å². The maximum absolute atomic E-state index is 11.1. The summed E-state index contributed by atoms with van der Waals surface area (Å²) in [5.74, 6) is -0.0436. The summed E-state index contributed by atoms with van der Waals surface area (Å²) < 4.78 is 0. The molecule has 20 heavy (non-hydrogen) atoms. The molecular formula is C17H20N2O. The Bertz CT molecular complexity index is 579. The van der Waals surface area contributed by atoms with Gasteiger partial charge in [-0.05, 0) is 42.7 Å². The third kappa shape index (κ3) is 4.12. The van der Waals surface area contributed by atoms with Gasteiger partial charge >= 0.3 is 0 Å². The van der Waals surface area contributed by atoms with Crippen molar-refractivity contribution in [1.29, 1.82) is 0 Å². The highest BCUT2D eigenvalue weighted by atomic mass is 16.1. The Labute approximate surface area is 120 Å². The van der Waals surface area contributed by atoms with E-state index in [0.29, 0.717) is 0 Å². The zero-order chi connectivity index (χ0) is 14.4. The van der Waals surface area contributed by atoms with E-state index in [1.54, 1.807) is 0 Å². The summed E-state index contributed by atoms with van der Waals surface area (Å²) in [6, 6.07) is 16.4. The molecule has 0 aliphatic heterocycles. The lowest BCUT2D eigenvalue weighted by Crippen LogP contribution is -2.08. The molecule has 0 bridgehead atoms. The summed E-state index contributed by atoms with van der Waals surface area (Å²) in [6.07, 6.45) is 0.993. The monoisotopic (exact) mass is 268 g/mol. The predicted molar refractivity (Wildman–Crippen MR) is 84.1 cm³/mol. The van der Waals surface area contributed by atoms with Gasteiger partial charge in [0, 0.05) is 24.8 Å². The van der Waals surface area contributed by atoms with Crippen molar-refractivity contribution in [2.24, 2.45) is 0 Å². The summed E-state index contributed by atoms with van der Waals surface area (Å²) in [5.41, 5.74) is 4.33. The molecule has 0 saturated carbocycles. The van der Waals surface area contributed by atoms with Gasteiger partial charge in [-0.1, -0.05) is 30.3 Å². The molecule has 2 aromatic carbocycles. The van der Waals surface area contributed by atoms with E-state index >= 15 is 0 Å².